The molecule has 0 aromatic carbocycles. The van der Waals surface area contributed by atoms with E-state index in [0.717, 1.165) is 25.3 Å². The van der Waals surface area contributed by atoms with Crippen LogP contribution >= 0.6 is 0 Å². The van der Waals surface area contributed by atoms with Crippen LogP contribution in [0.25, 0.3) is 0 Å². The quantitative estimate of drug-likeness (QED) is 0.740. The lowest BCUT2D eigenvalue weighted by atomic mass is 9.85. The van der Waals surface area contributed by atoms with Gasteiger partial charge >= 0.3 is 0 Å². The molecule has 2 amide bonds. The molecule has 2 saturated heterocycles. The van der Waals surface area contributed by atoms with E-state index in [1.54, 1.807) is 0 Å². The van der Waals surface area contributed by atoms with E-state index in [1.807, 2.05) is 0 Å². The van der Waals surface area contributed by atoms with Gasteiger partial charge in [-0.1, -0.05) is 12.8 Å². The fraction of sp³-hybridized carbons (Fsp3) is 0.846. The Morgan fingerprint density at radius 2 is 2.00 bits per heavy atom. The van der Waals surface area contributed by atoms with Gasteiger partial charge in [0.2, 0.25) is 11.8 Å². The van der Waals surface area contributed by atoms with E-state index in [9.17, 15) is 9.59 Å². The zero-order valence-electron chi connectivity index (χ0n) is 10.2. The number of likely N-dealkylation sites (tertiary alicyclic amines) is 1. The average molecular weight is 236 g/mol. The molecule has 0 spiro atoms. The van der Waals surface area contributed by atoms with Gasteiger partial charge in [-0.2, -0.15) is 0 Å². The summed E-state index contributed by atoms with van der Waals surface area (Å²) in [4.78, 5) is 25.6. The molecular formula is C13H20N2O2. The summed E-state index contributed by atoms with van der Waals surface area (Å²) >= 11 is 0. The predicted molar refractivity (Wildman–Crippen MR) is 63.2 cm³/mol. The third kappa shape index (κ3) is 1.94. The number of rotatable bonds is 1. The molecule has 0 aromatic heterocycles. The third-order valence-electron chi connectivity index (χ3n) is 4.59. The number of fused-ring (bicyclic) bond motifs is 1. The first-order valence-electron chi connectivity index (χ1n) is 6.85. The molecule has 3 aliphatic rings. The number of hydrogen-bond donors (Lipinski definition) is 1. The molecule has 0 aromatic rings. The first-order chi connectivity index (χ1) is 8.25. The highest BCUT2D eigenvalue weighted by Gasteiger charge is 2.41. The molecule has 3 rings (SSSR count). The first-order valence-corrected chi connectivity index (χ1v) is 6.85. The lowest BCUT2D eigenvalue weighted by molar-refractivity contribution is -0.135. The van der Waals surface area contributed by atoms with Gasteiger partial charge in [0, 0.05) is 19.0 Å². The topological polar surface area (TPSA) is 49.4 Å². The molecule has 3 atom stereocenters. The zero-order chi connectivity index (χ0) is 11.8. The Labute approximate surface area is 102 Å². The summed E-state index contributed by atoms with van der Waals surface area (Å²) in [5, 5.41) is 2.80. The van der Waals surface area contributed by atoms with Crippen molar-refractivity contribution in [3.63, 3.8) is 0 Å². The van der Waals surface area contributed by atoms with Crippen molar-refractivity contribution in [1.29, 1.82) is 0 Å². The Morgan fingerprint density at radius 3 is 2.76 bits per heavy atom. The van der Waals surface area contributed by atoms with Gasteiger partial charge < -0.3 is 10.2 Å². The van der Waals surface area contributed by atoms with Crippen molar-refractivity contribution in [2.75, 3.05) is 6.54 Å². The van der Waals surface area contributed by atoms with Gasteiger partial charge in [0.25, 0.3) is 0 Å². The summed E-state index contributed by atoms with van der Waals surface area (Å²) in [6, 6.07) is 0.233. The SMILES string of the molecule is O=C1CCC(C(=O)N2CCC3CCCCC32)N1. The Morgan fingerprint density at radius 1 is 1.18 bits per heavy atom. The van der Waals surface area contributed by atoms with Crippen LogP contribution in [0.3, 0.4) is 0 Å². The Bertz CT molecular complexity index is 342. The van der Waals surface area contributed by atoms with Gasteiger partial charge in [0.15, 0.2) is 0 Å². The molecule has 3 fully saturated rings. The minimum Gasteiger partial charge on any atom is -0.344 e. The zero-order valence-corrected chi connectivity index (χ0v) is 10.2. The molecule has 1 aliphatic carbocycles. The monoisotopic (exact) mass is 236 g/mol. The normalized spacial score (nSPS) is 36.8. The van der Waals surface area contributed by atoms with Crippen LogP contribution in [0.5, 0.6) is 0 Å². The van der Waals surface area contributed by atoms with Crippen LogP contribution in [0.4, 0.5) is 0 Å². The predicted octanol–water partition coefficient (Wildman–Crippen LogP) is 1.06. The van der Waals surface area contributed by atoms with E-state index in [0.29, 0.717) is 18.9 Å². The van der Waals surface area contributed by atoms with Gasteiger partial charge in [-0.05, 0) is 31.6 Å². The number of nitrogens with zero attached hydrogens (tertiary/aromatic N) is 1. The maximum atomic E-state index is 12.4. The van der Waals surface area contributed by atoms with Gasteiger partial charge in [-0.25, -0.2) is 0 Å². The van der Waals surface area contributed by atoms with E-state index in [2.05, 4.69) is 10.2 Å². The fourth-order valence-electron chi connectivity index (χ4n) is 3.68. The highest BCUT2D eigenvalue weighted by Crippen LogP contribution is 2.36. The van der Waals surface area contributed by atoms with E-state index in [4.69, 9.17) is 0 Å². The summed E-state index contributed by atoms with van der Waals surface area (Å²) in [5.41, 5.74) is 0. The van der Waals surface area contributed by atoms with Crippen molar-refractivity contribution in [2.45, 2.75) is 57.0 Å². The summed E-state index contributed by atoms with van der Waals surface area (Å²) in [6.07, 6.45) is 7.38. The van der Waals surface area contributed by atoms with Crippen molar-refractivity contribution >= 4 is 11.8 Å². The van der Waals surface area contributed by atoms with Crippen LogP contribution in [0, 0.1) is 5.92 Å². The second-order valence-electron chi connectivity index (χ2n) is 5.59. The molecular weight excluding hydrogens is 216 g/mol. The van der Waals surface area contributed by atoms with Crippen LogP contribution in [-0.4, -0.2) is 35.3 Å². The maximum absolute atomic E-state index is 12.4. The molecule has 17 heavy (non-hydrogen) atoms. The molecule has 4 nitrogen and oxygen atoms in total. The number of carbonyl (C=O) groups is 2. The Kier molecular flexibility index (Phi) is 2.81. The molecule has 4 heteroatoms. The summed E-state index contributed by atoms with van der Waals surface area (Å²) in [6.45, 7) is 0.903. The second-order valence-corrected chi connectivity index (χ2v) is 5.59. The largest absolute Gasteiger partial charge is 0.344 e. The molecule has 1 N–H and O–H groups in total. The lowest BCUT2D eigenvalue weighted by Crippen LogP contribution is -2.48. The van der Waals surface area contributed by atoms with E-state index >= 15 is 0 Å². The van der Waals surface area contributed by atoms with E-state index < -0.39 is 0 Å². The molecule has 2 heterocycles. The van der Waals surface area contributed by atoms with Crippen molar-refractivity contribution in [1.82, 2.24) is 10.2 Å². The van der Waals surface area contributed by atoms with E-state index in [1.165, 1.54) is 19.3 Å². The molecule has 1 saturated carbocycles. The van der Waals surface area contributed by atoms with Crippen molar-refractivity contribution in [2.24, 2.45) is 5.92 Å². The Balaban J connectivity index is 1.67. The minimum absolute atomic E-state index is 0.0303. The minimum atomic E-state index is -0.233. The molecule has 2 aliphatic heterocycles. The number of nitrogens with one attached hydrogen (secondary N) is 1. The standard InChI is InChI=1S/C13H20N2O2/c16-12-6-5-10(14-12)13(17)15-8-7-9-3-1-2-4-11(9)15/h9-11H,1-8H2,(H,14,16). The van der Waals surface area contributed by atoms with Gasteiger partial charge in [-0.15, -0.1) is 0 Å². The molecule has 94 valence electrons. The highest BCUT2D eigenvalue weighted by atomic mass is 16.2. The van der Waals surface area contributed by atoms with Crippen LogP contribution in [0.15, 0.2) is 0 Å². The van der Waals surface area contributed by atoms with Gasteiger partial charge in [0.05, 0.1) is 0 Å². The summed E-state index contributed by atoms with van der Waals surface area (Å²) in [5.74, 6) is 0.929. The molecule has 3 unspecified atom stereocenters. The lowest BCUT2D eigenvalue weighted by Gasteiger charge is -2.33. The van der Waals surface area contributed by atoms with Crippen LogP contribution in [-0.2, 0) is 9.59 Å². The van der Waals surface area contributed by atoms with Crippen molar-refractivity contribution in [3.8, 4) is 0 Å². The van der Waals surface area contributed by atoms with Gasteiger partial charge in [0.1, 0.15) is 6.04 Å². The van der Waals surface area contributed by atoms with Crippen LogP contribution in [0.1, 0.15) is 44.9 Å². The fourth-order valence-corrected chi connectivity index (χ4v) is 3.68. The van der Waals surface area contributed by atoms with Crippen molar-refractivity contribution < 1.29 is 9.59 Å². The van der Waals surface area contributed by atoms with Gasteiger partial charge in [-0.3, -0.25) is 9.59 Å². The smallest absolute Gasteiger partial charge is 0.245 e. The average Bonchev–Trinajstić information content (AvgIpc) is 2.94. The third-order valence-corrected chi connectivity index (χ3v) is 4.59. The number of amides is 2. The maximum Gasteiger partial charge on any atom is 0.245 e. The highest BCUT2D eigenvalue weighted by molar-refractivity contribution is 5.91. The van der Waals surface area contributed by atoms with E-state index in [-0.39, 0.29) is 17.9 Å². The molecule has 0 radical (unpaired) electrons. The molecule has 0 bridgehead atoms. The Hall–Kier alpha value is -1.06. The number of hydrogen-bond acceptors (Lipinski definition) is 2. The second kappa shape index (κ2) is 4.31. The summed E-state index contributed by atoms with van der Waals surface area (Å²) in [7, 11) is 0. The van der Waals surface area contributed by atoms with Crippen LogP contribution in [0.2, 0.25) is 0 Å². The first kappa shape index (κ1) is 11.1. The summed E-state index contributed by atoms with van der Waals surface area (Å²) < 4.78 is 0. The number of carbonyl (C=O) groups excluding carboxylic acids is 2. The van der Waals surface area contributed by atoms with Crippen molar-refractivity contribution in [3.05, 3.63) is 0 Å². The van der Waals surface area contributed by atoms with Crippen LogP contribution < -0.4 is 5.32 Å².